The monoisotopic (exact) mass is 245 g/mol. The van der Waals surface area contributed by atoms with E-state index in [1.807, 2.05) is 12.1 Å². The van der Waals surface area contributed by atoms with Crippen molar-refractivity contribution in [3.8, 4) is 0 Å². The van der Waals surface area contributed by atoms with Gasteiger partial charge in [0, 0.05) is 5.54 Å². The van der Waals surface area contributed by atoms with Crippen LogP contribution in [0.5, 0.6) is 0 Å². The molecule has 1 saturated carbocycles. The van der Waals surface area contributed by atoms with Crippen molar-refractivity contribution < 1.29 is 9.90 Å². The van der Waals surface area contributed by atoms with Gasteiger partial charge in [0.05, 0.1) is 5.56 Å². The average Bonchev–Trinajstić information content (AvgIpc) is 2.84. The number of carbonyl (C=O) groups is 1. The molecule has 96 valence electrons. The second kappa shape index (κ2) is 4.39. The third-order valence-electron chi connectivity index (χ3n) is 4.63. The summed E-state index contributed by atoms with van der Waals surface area (Å²) >= 11 is 0. The molecule has 2 unspecified atom stereocenters. The quantitative estimate of drug-likeness (QED) is 0.842. The summed E-state index contributed by atoms with van der Waals surface area (Å²) in [6, 6.07) is 7.50. The summed E-state index contributed by atoms with van der Waals surface area (Å²) in [6.45, 7) is 1.06. The van der Waals surface area contributed by atoms with Gasteiger partial charge in [-0.3, -0.25) is 0 Å². The van der Waals surface area contributed by atoms with Crippen LogP contribution in [0.3, 0.4) is 0 Å². The van der Waals surface area contributed by atoms with E-state index < -0.39 is 5.97 Å². The van der Waals surface area contributed by atoms with Gasteiger partial charge in [-0.15, -0.1) is 0 Å². The molecule has 3 heteroatoms. The maximum absolute atomic E-state index is 11.1. The molecule has 2 N–H and O–H groups in total. The van der Waals surface area contributed by atoms with Gasteiger partial charge >= 0.3 is 5.97 Å². The Balaban J connectivity index is 2.01. The highest BCUT2D eigenvalue weighted by atomic mass is 16.4. The van der Waals surface area contributed by atoms with Crippen molar-refractivity contribution in [1.82, 2.24) is 5.32 Å². The van der Waals surface area contributed by atoms with E-state index in [0.29, 0.717) is 11.5 Å². The lowest BCUT2D eigenvalue weighted by Crippen LogP contribution is -2.43. The summed E-state index contributed by atoms with van der Waals surface area (Å²) in [5.41, 5.74) is 1.62. The molecule has 1 heterocycles. The van der Waals surface area contributed by atoms with E-state index in [4.69, 9.17) is 5.11 Å². The van der Waals surface area contributed by atoms with Crippen LogP contribution in [0.4, 0.5) is 0 Å². The highest BCUT2D eigenvalue weighted by molar-refractivity contribution is 5.87. The number of fused-ring (bicyclic) bond motifs is 1. The van der Waals surface area contributed by atoms with E-state index in [2.05, 4.69) is 11.4 Å². The summed E-state index contributed by atoms with van der Waals surface area (Å²) in [5, 5.41) is 12.8. The molecule has 1 aliphatic heterocycles. The van der Waals surface area contributed by atoms with Crippen molar-refractivity contribution in [3.63, 3.8) is 0 Å². The van der Waals surface area contributed by atoms with Crippen molar-refractivity contribution in [2.45, 2.75) is 37.6 Å². The van der Waals surface area contributed by atoms with Gasteiger partial charge in [0.25, 0.3) is 0 Å². The first kappa shape index (κ1) is 11.7. The van der Waals surface area contributed by atoms with Crippen molar-refractivity contribution in [3.05, 3.63) is 35.4 Å². The SMILES string of the molecule is O=C(O)c1cccc(C23CCCCC2CCN3)c1. The number of rotatable bonds is 2. The molecule has 1 aromatic rings. The number of hydrogen-bond acceptors (Lipinski definition) is 2. The first-order valence-electron chi connectivity index (χ1n) is 6.81. The van der Waals surface area contributed by atoms with Crippen LogP contribution in [0, 0.1) is 5.92 Å². The summed E-state index contributed by atoms with van der Waals surface area (Å²) in [7, 11) is 0. The van der Waals surface area contributed by atoms with Gasteiger partial charge in [-0.2, -0.15) is 0 Å². The average molecular weight is 245 g/mol. The Labute approximate surface area is 107 Å². The fourth-order valence-corrected chi connectivity index (χ4v) is 3.75. The number of nitrogens with one attached hydrogen (secondary N) is 1. The fourth-order valence-electron chi connectivity index (χ4n) is 3.75. The second-order valence-corrected chi connectivity index (χ2v) is 5.52. The maximum atomic E-state index is 11.1. The fraction of sp³-hybridized carbons (Fsp3) is 0.533. The van der Waals surface area contributed by atoms with E-state index in [0.717, 1.165) is 13.0 Å². The summed E-state index contributed by atoms with van der Waals surface area (Å²) in [6.07, 6.45) is 6.18. The molecule has 2 aliphatic rings. The highest BCUT2D eigenvalue weighted by Crippen LogP contribution is 2.46. The minimum atomic E-state index is -0.835. The Bertz CT molecular complexity index is 471. The lowest BCUT2D eigenvalue weighted by atomic mass is 9.70. The van der Waals surface area contributed by atoms with E-state index in [9.17, 15) is 4.79 Å². The van der Waals surface area contributed by atoms with Crippen LogP contribution in [0.1, 0.15) is 48.0 Å². The van der Waals surface area contributed by atoms with Crippen molar-refractivity contribution >= 4 is 5.97 Å². The summed E-state index contributed by atoms with van der Waals surface area (Å²) in [5.74, 6) is -0.158. The van der Waals surface area contributed by atoms with Crippen LogP contribution in [0.15, 0.2) is 24.3 Å². The lowest BCUT2D eigenvalue weighted by molar-refractivity contribution is 0.0696. The molecule has 0 bridgehead atoms. The zero-order chi connectivity index (χ0) is 12.6. The minimum Gasteiger partial charge on any atom is -0.478 e. The van der Waals surface area contributed by atoms with E-state index >= 15 is 0 Å². The first-order chi connectivity index (χ1) is 8.72. The maximum Gasteiger partial charge on any atom is 0.335 e. The van der Waals surface area contributed by atoms with Gasteiger partial charge < -0.3 is 10.4 Å². The molecule has 2 atom stereocenters. The Hall–Kier alpha value is -1.35. The lowest BCUT2D eigenvalue weighted by Gasteiger charge is -2.40. The number of benzene rings is 1. The number of carboxylic acids is 1. The van der Waals surface area contributed by atoms with Crippen LogP contribution in [0.25, 0.3) is 0 Å². The van der Waals surface area contributed by atoms with Crippen LogP contribution in [-0.4, -0.2) is 17.6 Å². The van der Waals surface area contributed by atoms with Gasteiger partial charge in [-0.05, 0) is 49.4 Å². The Morgan fingerprint density at radius 3 is 3.06 bits per heavy atom. The Morgan fingerprint density at radius 1 is 1.33 bits per heavy atom. The smallest absolute Gasteiger partial charge is 0.335 e. The van der Waals surface area contributed by atoms with Gasteiger partial charge in [0.2, 0.25) is 0 Å². The van der Waals surface area contributed by atoms with Crippen LogP contribution in [-0.2, 0) is 5.54 Å². The molecular formula is C15H19NO2. The van der Waals surface area contributed by atoms with E-state index in [1.54, 1.807) is 6.07 Å². The van der Waals surface area contributed by atoms with Crippen molar-refractivity contribution in [1.29, 1.82) is 0 Å². The van der Waals surface area contributed by atoms with Gasteiger partial charge in [0.15, 0.2) is 0 Å². The third kappa shape index (κ3) is 1.74. The van der Waals surface area contributed by atoms with Crippen LogP contribution >= 0.6 is 0 Å². The molecule has 1 aliphatic carbocycles. The molecule has 2 fully saturated rings. The molecule has 1 saturated heterocycles. The third-order valence-corrected chi connectivity index (χ3v) is 4.63. The molecule has 18 heavy (non-hydrogen) atoms. The molecule has 0 spiro atoms. The number of carboxylic acid groups (broad SMARTS) is 1. The molecule has 0 radical (unpaired) electrons. The highest BCUT2D eigenvalue weighted by Gasteiger charge is 2.45. The second-order valence-electron chi connectivity index (χ2n) is 5.52. The topological polar surface area (TPSA) is 49.3 Å². The van der Waals surface area contributed by atoms with Crippen molar-refractivity contribution in [2.75, 3.05) is 6.54 Å². The normalized spacial score (nSPS) is 31.0. The first-order valence-corrected chi connectivity index (χ1v) is 6.81. The molecule has 0 aromatic heterocycles. The van der Waals surface area contributed by atoms with Gasteiger partial charge in [-0.1, -0.05) is 25.0 Å². The zero-order valence-corrected chi connectivity index (χ0v) is 10.5. The van der Waals surface area contributed by atoms with Crippen molar-refractivity contribution in [2.24, 2.45) is 5.92 Å². The Morgan fingerprint density at radius 2 is 2.22 bits per heavy atom. The molecule has 3 rings (SSSR count). The largest absolute Gasteiger partial charge is 0.478 e. The number of aromatic carboxylic acids is 1. The Kier molecular flexibility index (Phi) is 2.86. The minimum absolute atomic E-state index is 0.0453. The predicted molar refractivity (Wildman–Crippen MR) is 69.7 cm³/mol. The van der Waals surface area contributed by atoms with Gasteiger partial charge in [-0.25, -0.2) is 4.79 Å². The van der Waals surface area contributed by atoms with Crippen LogP contribution < -0.4 is 5.32 Å². The zero-order valence-electron chi connectivity index (χ0n) is 10.5. The van der Waals surface area contributed by atoms with E-state index in [-0.39, 0.29) is 5.54 Å². The van der Waals surface area contributed by atoms with E-state index in [1.165, 1.54) is 31.2 Å². The molecule has 1 aromatic carbocycles. The molecule has 0 amide bonds. The van der Waals surface area contributed by atoms with Crippen LogP contribution in [0.2, 0.25) is 0 Å². The standard InChI is InChI=1S/C15H19NO2/c17-14(18)11-4-3-6-13(10-11)15-8-2-1-5-12(15)7-9-16-15/h3-4,6,10,12,16H,1-2,5,7-9H2,(H,17,18). The number of hydrogen-bond donors (Lipinski definition) is 2. The predicted octanol–water partition coefficient (Wildman–Crippen LogP) is 2.76. The molecule has 3 nitrogen and oxygen atoms in total. The molecular weight excluding hydrogens is 226 g/mol. The summed E-state index contributed by atoms with van der Waals surface area (Å²) in [4.78, 5) is 11.1. The summed E-state index contributed by atoms with van der Waals surface area (Å²) < 4.78 is 0. The van der Waals surface area contributed by atoms with Gasteiger partial charge in [0.1, 0.15) is 0 Å².